The Labute approximate surface area is 124 Å². The lowest BCUT2D eigenvalue weighted by molar-refractivity contribution is 0.0473. The molecule has 5 heteroatoms. The zero-order valence-corrected chi connectivity index (χ0v) is 12.2. The first kappa shape index (κ1) is 13.9. The summed E-state index contributed by atoms with van der Waals surface area (Å²) in [7, 11) is 0. The fourth-order valence-electron chi connectivity index (χ4n) is 1.55. The molecule has 0 aliphatic rings. The molecule has 0 aliphatic carbocycles. The maximum absolute atomic E-state index is 11.9. The number of hydrogen-bond donors (Lipinski definition) is 1. The Morgan fingerprint density at radius 2 is 2.05 bits per heavy atom. The van der Waals surface area contributed by atoms with Gasteiger partial charge in [0.1, 0.15) is 6.61 Å². The molecule has 0 unspecified atom stereocenters. The SMILES string of the molecule is Nc1ccc(C(=O)OCc2cccc(Br)c2)c(Cl)c1. The van der Waals surface area contributed by atoms with Crippen molar-refractivity contribution < 1.29 is 9.53 Å². The maximum atomic E-state index is 11.9. The van der Waals surface area contributed by atoms with Crippen molar-refractivity contribution >= 4 is 39.2 Å². The van der Waals surface area contributed by atoms with Gasteiger partial charge in [-0.2, -0.15) is 0 Å². The van der Waals surface area contributed by atoms with Gasteiger partial charge in [0.2, 0.25) is 0 Å². The van der Waals surface area contributed by atoms with Gasteiger partial charge in [-0.25, -0.2) is 4.79 Å². The summed E-state index contributed by atoms with van der Waals surface area (Å²) in [5, 5.41) is 0.291. The van der Waals surface area contributed by atoms with Crippen molar-refractivity contribution in [1.82, 2.24) is 0 Å². The second kappa shape index (κ2) is 6.08. The third kappa shape index (κ3) is 3.72. The molecule has 2 aromatic rings. The molecule has 2 aromatic carbocycles. The van der Waals surface area contributed by atoms with E-state index in [1.165, 1.54) is 6.07 Å². The van der Waals surface area contributed by atoms with E-state index in [1.54, 1.807) is 12.1 Å². The van der Waals surface area contributed by atoms with Crippen LogP contribution in [0.25, 0.3) is 0 Å². The van der Waals surface area contributed by atoms with Crippen molar-refractivity contribution in [2.75, 3.05) is 5.73 Å². The molecule has 0 saturated carbocycles. The maximum Gasteiger partial charge on any atom is 0.339 e. The van der Waals surface area contributed by atoms with Gasteiger partial charge in [0.25, 0.3) is 0 Å². The molecule has 0 radical (unpaired) electrons. The summed E-state index contributed by atoms with van der Waals surface area (Å²) in [4.78, 5) is 11.9. The highest BCUT2D eigenvalue weighted by molar-refractivity contribution is 9.10. The summed E-state index contributed by atoms with van der Waals surface area (Å²) in [6, 6.07) is 12.2. The molecule has 0 aromatic heterocycles. The predicted octanol–water partition coefficient (Wildman–Crippen LogP) is 4.04. The first-order chi connectivity index (χ1) is 9.06. The van der Waals surface area contributed by atoms with Gasteiger partial charge in [-0.1, -0.05) is 39.7 Å². The molecule has 19 heavy (non-hydrogen) atoms. The topological polar surface area (TPSA) is 52.3 Å². The van der Waals surface area contributed by atoms with Crippen LogP contribution < -0.4 is 5.73 Å². The summed E-state index contributed by atoms with van der Waals surface area (Å²) in [6.45, 7) is 0.193. The van der Waals surface area contributed by atoms with Crippen LogP contribution >= 0.6 is 27.5 Å². The number of anilines is 1. The average Bonchev–Trinajstić information content (AvgIpc) is 2.36. The molecule has 3 nitrogen and oxygen atoms in total. The fourth-order valence-corrected chi connectivity index (χ4v) is 2.26. The molecule has 2 rings (SSSR count). The molecular formula is C14H11BrClNO2. The lowest BCUT2D eigenvalue weighted by Crippen LogP contribution is -2.06. The number of rotatable bonds is 3. The highest BCUT2D eigenvalue weighted by atomic mass is 79.9. The van der Waals surface area contributed by atoms with E-state index in [-0.39, 0.29) is 6.61 Å². The van der Waals surface area contributed by atoms with E-state index in [0.29, 0.717) is 16.3 Å². The standard InChI is InChI=1S/C14H11BrClNO2/c15-10-3-1-2-9(6-10)8-19-14(18)12-5-4-11(17)7-13(12)16/h1-7H,8,17H2. The Hall–Kier alpha value is -1.52. The molecule has 0 saturated heterocycles. The molecule has 2 N–H and O–H groups in total. The van der Waals surface area contributed by atoms with Gasteiger partial charge >= 0.3 is 5.97 Å². The van der Waals surface area contributed by atoms with Crippen LogP contribution in [0.5, 0.6) is 0 Å². The highest BCUT2D eigenvalue weighted by Gasteiger charge is 2.12. The summed E-state index contributed by atoms with van der Waals surface area (Å²) in [6.07, 6.45) is 0. The average molecular weight is 341 g/mol. The zero-order valence-electron chi connectivity index (χ0n) is 9.90. The minimum Gasteiger partial charge on any atom is -0.457 e. The summed E-state index contributed by atoms with van der Waals surface area (Å²) < 4.78 is 6.14. The van der Waals surface area contributed by atoms with Crippen LogP contribution in [0, 0.1) is 0 Å². The smallest absolute Gasteiger partial charge is 0.339 e. The molecule has 0 spiro atoms. The Balaban J connectivity index is 2.05. The van der Waals surface area contributed by atoms with Crippen LogP contribution in [-0.4, -0.2) is 5.97 Å². The number of nitrogen functional groups attached to an aromatic ring is 1. The highest BCUT2D eigenvalue weighted by Crippen LogP contribution is 2.20. The molecule has 0 heterocycles. The number of nitrogens with two attached hydrogens (primary N) is 1. The van der Waals surface area contributed by atoms with Crippen LogP contribution in [0.3, 0.4) is 0 Å². The molecule has 0 amide bonds. The normalized spacial score (nSPS) is 10.2. The lowest BCUT2D eigenvalue weighted by Gasteiger charge is -2.07. The van der Waals surface area contributed by atoms with Gasteiger partial charge < -0.3 is 10.5 Å². The molecule has 98 valence electrons. The number of esters is 1. The van der Waals surface area contributed by atoms with Crippen LogP contribution in [-0.2, 0) is 11.3 Å². The van der Waals surface area contributed by atoms with Crippen LogP contribution in [0.4, 0.5) is 5.69 Å². The van der Waals surface area contributed by atoms with Gasteiger partial charge in [0.15, 0.2) is 0 Å². The monoisotopic (exact) mass is 339 g/mol. The summed E-state index contributed by atoms with van der Waals surface area (Å²) >= 11 is 9.30. The molecule has 0 bridgehead atoms. The van der Waals surface area contributed by atoms with Crippen molar-refractivity contribution in [3.05, 3.63) is 63.1 Å². The Morgan fingerprint density at radius 1 is 1.26 bits per heavy atom. The van der Waals surface area contributed by atoms with Crippen LogP contribution in [0.15, 0.2) is 46.9 Å². The van der Waals surface area contributed by atoms with Crippen molar-refractivity contribution in [2.45, 2.75) is 6.61 Å². The van der Waals surface area contributed by atoms with Crippen LogP contribution in [0.1, 0.15) is 15.9 Å². The molecular weight excluding hydrogens is 330 g/mol. The van der Waals surface area contributed by atoms with E-state index >= 15 is 0 Å². The van der Waals surface area contributed by atoms with Gasteiger partial charge in [0, 0.05) is 10.2 Å². The second-order valence-corrected chi connectivity index (χ2v) is 5.27. The predicted molar refractivity (Wildman–Crippen MR) is 79.1 cm³/mol. The Morgan fingerprint density at radius 3 is 2.74 bits per heavy atom. The zero-order chi connectivity index (χ0) is 13.8. The lowest BCUT2D eigenvalue weighted by atomic mass is 10.2. The van der Waals surface area contributed by atoms with Gasteiger partial charge in [-0.05, 0) is 35.9 Å². The van der Waals surface area contributed by atoms with E-state index in [9.17, 15) is 4.79 Å². The fraction of sp³-hybridized carbons (Fsp3) is 0.0714. The minimum atomic E-state index is -0.468. The minimum absolute atomic E-state index is 0.193. The largest absolute Gasteiger partial charge is 0.457 e. The number of ether oxygens (including phenoxy) is 1. The van der Waals surface area contributed by atoms with Crippen molar-refractivity contribution in [2.24, 2.45) is 0 Å². The summed E-state index contributed by atoms with van der Waals surface area (Å²) in [5.74, 6) is -0.468. The van der Waals surface area contributed by atoms with E-state index < -0.39 is 5.97 Å². The van der Waals surface area contributed by atoms with Crippen molar-refractivity contribution in [3.8, 4) is 0 Å². The van der Waals surface area contributed by atoms with Crippen molar-refractivity contribution in [1.29, 1.82) is 0 Å². The summed E-state index contributed by atoms with van der Waals surface area (Å²) in [5.41, 5.74) is 7.28. The van der Waals surface area contributed by atoms with Gasteiger partial charge in [-0.3, -0.25) is 0 Å². The van der Waals surface area contributed by atoms with Gasteiger partial charge in [0.05, 0.1) is 10.6 Å². The van der Waals surface area contributed by atoms with E-state index in [2.05, 4.69) is 15.9 Å². The molecule has 0 atom stereocenters. The van der Waals surface area contributed by atoms with Crippen LogP contribution in [0.2, 0.25) is 5.02 Å². The first-order valence-electron chi connectivity index (χ1n) is 5.53. The first-order valence-corrected chi connectivity index (χ1v) is 6.70. The van der Waals surface area contributed by atoms with Gasteiger partial charge in [-0.15, -0.1) is 0 Å². The number of benzene rings is 2. The third-order valence-electron chi connectivity index (χ3n) is 2.47. The quantitative estimate of drug-likeness (QED) is 0.677. The molecule has 0 fully saturated rings. The number of halogens is 2. The number of carbonyl (C=O) groups excluding carboxylic acids is 1. The molecule has 0 aliphatic heterocycles. The van der Waals surface area contributed by atoms with E-state index in [4.69, 9.17) is 22.1 Å². The van der Waals surface area contributed by atoms with E-state index in [0.717, 1.165) is 10.0 Å². The van der Waals surface area contributed by atoms with E-state index in [1.807, 2.05) is 24.3 Å². The second-order valence-electron chi connectivity index (χ2n) is 3.95. The third-order valence-corrected chi connectivity index (χ3v) is 3.28. The Kier molecular flexibility index (Phi) is 4.45. The number of hydrogen-bond acceptors (Lipinski definition) is 3. The number of carbonyl (C=O) groups is 1. The van der Waals surface area contributed by atoms with Crippen molar-refractivity contribution in [3.63, 3.8) is 0 Å². The Bertz CT molecular complexity index is 616.